The van der Waals surface area contributed by atoms with Crippen molar-refractivity contribution < 1.29 is 9.57 Å². The summed E-state index contributed by atoms with van der Waals surface area (Å²) in [6.07, 6.45) is 1.64. The zero-order chi connectivity index (χ0) is 10.8. The molecular weight excluding hydrogens is 214 g/mol. The van der Waals surface area contributed by atoms with Crippen molar-refractivity contribution >= 4 is 17.5 Å². The minimum atomic E-state index is 0.617. The maximum Gasteiger partial charge on any atom is 0.231 e. The predicted molar refractivity (Wildman–Crippen MR) is 59.6 cm³/mol. The maximum atomic E-state index is 6.03. The van der Waals surface area contributed by atoms with Crippen LogP contribution < -0.4 is 4.74 Å². The molecule has 2 rings (SSSR count). The fourth-order valence-corrected chi connectivity index (χ4v) is 1.76. The van der Waals surface area contributed by atoms with Gasteiger partial charge in [-0.2, -0.15) is 0 Å². The van der Waals surface area contributed by atoms with Gasteiger partial charge in [0.1, 0.15) is 12.9 Å². The van der Waals surface area contributed by atoms with Gasteiger partial charge >= 0.3 is 0 Å². The van der Waals surface area contributed by atoms with E-state index in [-0.39, 0.29) is 0 Å². The van der Waals surface area contributed by atoms with Crippen molar-refractivity contribution in [1.29, 1.82) is 0 Å². The zero-order valence-electron chi connectivity index (χ0n) is 8.71. The highest BCUT2D eigenvalue weighted by Crippen LogP contribution is 2.30. The van der Waals surface area contributed by atoms with E-state index in [1.54, 1.807) is 0 Å². The molecule has 0 bridgehead atoms. The summed E-state index contributed by atoms with van der Waals surface area (Å²) in [6.45, 7) is 1.95. The average molecular weight is 226 g/mol. The molecule has 0 spiro atoms. The van der Waals surface area contributed by atoms with Gasteiger partial charge in [-0.1, -0.05) is 16.8 Å². The van der Waals surface area contributed by atoms with Gasteiger partial charge in [-0.3, -0.25) is 0 Å². The fourth-order valence-electron chi connectivity index (χ4n) is 1.57. The normalized spacial score (nSPS) is 17.1. The molecule has 0 aromatic heterocycles. The van der Waals surface area contributed by atoms with Crippen LogP contribution in [0.5, 0.6) is 5.75 Å². The molecule has 1 aromatic carbocycles. The number of fused-ring (bicyclic) bond motifs is 1. The summed E-state index contributed by atoms with van der Waals surface area (Å²) < 4.78 is 5.57. The number of nitrogens with zero attached hydrogens (tertiary/aromatic N) is 1. The quantitative estimate of drug-likeness (QED) is 0.688. The van der Waals surface area contributed by atoms with Crippen molar-refractivity contribution in [3.05, 3.63) is 28.3 Å². The highest BCUT2D eigenvalue weighted by molar-refractivity contribution is 6.31. The lowest BCUT2D eigenvalue weighted by Crippen LogP contribution is -2.16. The van der Waals surface area contributed by atoms with Gasteiger partial charge in [0, 0.05) is 11.4 Å². The molecule has 1 aliphatic rings. The third-order valence-electron chi connectivity index (χ3n) is 2.37. The lowest BCUT2D eigenvalue weighted by Gasteiger charge is -2.18. The molecule has 0 saturated heterocycles. The van der Waals surface area contributed by atoms with Crippen LogP contribution in [-0.2, 0) is 11.3 Å². The summed E-state index contributed by atoms with van der Waals surface area (Å²) in [7, 11) is 1.51. The van der Waals surface area contributed by atoms with Gasteiger partial charge in [0.25, 0.3) is 0 Å². The van der Waals surface area contributed by atoms with Crippen molar-refractivity contribution in [2.24, 2.45) is 5.16 Å². The minimum absolute atomic E-state index is 0.617. The monoisotopic (exact) mass is 225 g/mol. The highest BCUT2D eigenvalue weighted by atomic mass is 35.5. The Morgan fingerprint density at radius 3 is 2.93 bits per heavy atom. The second-order valence-electron chi connectivity index (χ2n) is 3.48. The molecule has 1 aromatic rings. The van der Waals surface area contributed by atoms with Gasteiger partial charge in [-0.05, 0) is 36.6 Å². The SMILES string of the molecule is CON=C1CCc2cc(Cl)c(C)cc2O1. The van der Waals surface area contributed by atoms with Crippen molar-refractivity contribution in [2.75, 3.05) is 7.11 Å². The average Bonchev–Trinajstić information content (AvgIpc) is 2.21. The first kappa shape index (κ1) is 10.3. The molecule has 1 aliphatic heterocycles. The second-order valence-corrected chi connectivity index (χ2v) is 3.89. The molecule has 0 aliphatic carbocycles. The topological polar surface area (TPSA) is 30.8 Å². The van der Waals surface area contributed by atoms with E-state index in [9.17, 15) is 0 Å². The number of hydrogen-bond donors (Lipinski definition) is 0. The van der Waals surface area contributed by atoms with Crippen LogP contribution in [0.25, 0.3) is 0 Å². The van der Waals surface area contributed by atoms with E-state index in [2.05, 4.69) is 9.99 Å². The summed E-state index contributed by atoms with van der Waals surface area (Å²) in [5, 5.41) is 4.58. The Bertz CT molecular complexity index is 415. The van der Waals surface area contributed by atoms with Gasteiger partial charge in [-0.25, -0.2) is 0 Å². The van der Waals surface area contributed by atoms with E-state index in [1.165, 1.54) is 7.11 Å². The van der Waals surface area contributed by atoms with Crippen LogP contribution >= 0.6 is 11.6 Å². The smallest absolute Gasteiger partial charge is 0.231 e. The standard InChI is InChI=1S/C11H12ClNO2/c1-7-5-10-8(6-9(7)12)3-4-11(15-10)13-14-2/h5-6H,3-4H2,1-2H3. The molecule has 15 heavy (non-hydrogen) atoms. The fraction of sp³-hybridized carbons (Fsp3) is 0.364. The number of oxime groups is 1. The summed E-state index contributed by atoms with van der Waals surface area (Å²) in [5.74, 6) is 1.45. The summed E-state index contributed by atoms with van der Waals surface area (Å²) in [5.41, 5.74) is 2.13. The van der Waals surface area contributed by atoms with Gasteiger partial charge in [0.05, 0.1) is 0 Å². The largest absolute Gasteiger partial charge is 0.439 e. The van der Waals surface area contributed by atoms with Gasteiger partial charge in [0.15, 0.2) is 0 Å². The van der Waals surface area contributed by atoms with Crippen LogP contribution in [0.15, 0.2) is 17.3 Å². The van der Waals surface area contributed by atoms with Crippen LogP contribution in [0.3, 0.4) is 0 Å². The van der Waals surface area contributed by atoms with E-state index >= 15 is 0 Å². The Morgan fingerprint density at radius 2 is 2.20 bits per heavy atom. The molecule has 0 amide bonds. The first-order chi connectivity index (χ1) is 7.20. The number of rotatable bonds is 1. The highest BCUT2D eigenvalue weighted by Gasteiger charge is 2.17. The third-order valence-corrected chi connectivity index (χ3v) is 2.78. The van der Waals surface area contributed by atoms with Crippen LogP contribution in [0.2, 0.25) is 5.02 Å². The molecule has 4 heteroatoms. The molecule has 1 heterocycles. The Labute approximate surface area is 93.6 Å². The molecule has 0 unspecified atom stereocenters. The number of halogens is 1. The first-order valence-corrected chi connectivity index (χ1v) is 5.15. The van der Waals surface area contributed by atoms with E-state index in [4.69, 9.17) is 16.3 Å². The number of benzene rings is 1. The number of ether oxygens (including phenoxy) is 1. The van der Waals surface area contributed by atoms with Crippen LogP contribution in [0.1, 0.15) is 17.5 Å². The Kier molecular flexibility index (Phi) is 2.82. The molecule has 0 radical (unpaired) electrons. The summed E-state index contributed by atoms with van der Waals surface area (Å²) in [4.78, 5) is 4.69. The lowest BCUT2D eigenvalue weighted by molar-refractivity contribution is 0.203. The summed E-state index contributed by atoms with van der Waals surface area (Å²) >= 11 is 6.03. The molecule has 0 fully saturated rings. The van der Waals surface area contributed by atoms with Gasteiger partial charge in [0.2, 0.25) is 5.90 Å². The lowest BCUT2D eigenvalue weighted by atomic mass is 10.0. The zero-order valence-corrected chi connectivity index (χ0v) is 9.47. The van der Waals surface area contributed by atoms with E-state index in [1.807, 2.05) is 19.1 Å². The minimum Gasteiger partial charge on any atom is -0.439 e. The molecular formula is C11H12ClNO2. The van der Waals surface area contributed by atoms with Crippen molar-refractivity contribution in [2.45, 2.75) is 19.8 Å². The summed E-state index contributed by atoms with van der Waals surface area (Å²) in [6, 6.07) is 3.89. The van der Waals surface area contributed by atoms with Gasteiger partial charge in [-0.15, -0.1) is 0 Å². The Balaban J connectivity index is 2.34. The Morgan fingerprint density at radius 1 is 1.40 bits per heavy atom. The second kappa shape index (κ2) is 4.11. The molecule has 0 N–H and O–H groups in total. The van der Waals surface area contributed by atoms with Crippen molar-refractivity contribution in [1.82, 2.24) is 0 Å². The number of aryl methyl sites for hydroxylation is 2. The molecule has 3 nitrogen and oxygen atoms in total. The molecule has 80 valence electrons. The molecule has 0 saturated carbocycles. The van der Waals surface area contributed by atoms with E-state index in [0.29, 0.717) is 5.90 Å². The van der Waals surface area contributed by atoms with Crippen LogP contribution in [0, 0.1) is 6.92 Å². The number of hydrogen-bond acceptors (Lipinski definition) is 3. The van der Waals surface area contributed by atoms with Crippen LogP contribution in [0.4, 0.5) is 0 Å². The van der Waals surface area contributed by atoms with E-state index < -0.39 is 0 Å². The van der Waals surface area contributed by atoms with Crippen LogP contribution in [-0.4, -0.2) is 13.0 Å². The van der Waals surface area contributed by atoms with E-state index in [0.717, 1.165) is 34.7 Å². The third kappa shape index (κ3) is 2.07. The Hall–Kier alpha value is -1.22. The first-order valence-electron chi connectivity index (χ1n) is 4.77. The van der Waals surface area contributed by atoms with Crippen molar-refractivity contribution in [3.8, 4) is 5.75 Å². The predicted octanol–water partition coefficient (Wildman–Crippen LogP) is 2.93. The maximum absolute atomic E-state index is 6.03. The molecule has 0 atom stereocenters. The van der Waals surface area contributed by atoms with Crippen molar-refractivity contribution in [3.63, 3.8) is 0 Å². The van der Waals surface area contributed by atoms with Gasteiger partial charge < -0.3 is 9.57 Å².